The summed E-state index contributed by atoms with van der Waals surface area (Å²) in [5.41, 5.74) is 2.31. The number of carboxylic acid groups (broad SMARTS) is 1. The van der Waals surface area contributed by atoms with Crippen LogP contribution in [0, 0.1) is 6.92 Å². The maximum Gasteiger partial charge on any atom is 0.317 e. The number of carboxylic acids is 1. The first-order chi connectivity index (χ1) is 13.3. The van der Waals surface area contributed by atoms with E-state index in [4.69, 9.17) is 14.4 Å². The van der Waals surface area contributed by atoms with Crippen LogP contribution in [0.2, 0.25) is 0 Å². The summed E-state index contributed by atoms with van der Waals surface area (Å²) in [6, 6.07) is 1.77. The van der Waals surface area contributed by atoms with Gasteiger partial charge < -0.3 is 19.3 Å². The predicted molar refractivity (Wildman–Crippen MR) is 101 cm³/mol. The molecule has 1 fully saturated rings. The highest BCUT2D eigenvalue weighted by Gasteiger charge is 2.29. The first kappa shape index (κ1) is 20.2. The van der Waals surface area contributed by atoms with Gasteiger partial charge in [0, 0.05) is 25.3 Å². The number of fused-ring (bicyclic) bond motifs is 1. The maximum absolute atomic E-state index is 13.3. The standard InChI is InChI=1S/C19H26N4O5/c1-11(2)17-16-14(7-12(3)20-18(16)28-21-17)19(26)23-5-6-27-13(9-23)8-22(4)10-15(24)25/h7,11,13H,5-6,8-10H2,1-4H3,(H,24,25). The lowest BCUT2D eigenvalue weighted by Crippen LogP contribution is -2.49. The molecular formula is C19H26N4O5. The molecule has 3 heterocycles. The summed E-state index contributed by atoms with van der Waals surface area (Å²) in [5, 5.41) is 13.7. The Morgan fingerprint density at radius 2 is 2.18 bits per heavy atom. The summed E-state index contributed by atoms with van der Waals surface area (Å²) >= 11 is 0. The largest absolute Gasteiger partial charge is 0.480 e. The van der Waals surface area contributed by atoms with Gasteiger partial charge in [-0.1, -0.05) is 19.0 Å². The minimum absolute atomic E-state index is 0.0730. The second kappa shape index (κ2) is 8.24. The monoisotopic (exact) mass is 390 g/mol. The molecule has 1 N–H and O–H groups in total. The molecule has 1 aliphatic rings. The van der Waals surface area contributed by atoms with Gasteiger partial charge in [-0.2, -0.15) is 0 Å². The molecule has 0 saturated carbocycles. The van der Waals surface area contributed by atoms with E-state index in [9.17, 15) is 9.59 Å². The van der Waals surface area contributed by atoms with E-state index in [0.717, 1.165) is 5.69 Å². The van der Waals surface area contributed by atoms with Crippen molar-refractivity contribution >= 4 is 23.0 Å². The average Bonchev–Trinajstić information content (AvgIpc) is 3.03. The Balaban J connectivity index is 1.83. The molecule has 0 aliphatic carbocycles. The van der Waals surface area contributed by atoms with Crippen molar-refractivity contribution in [3.63, 3.8) is 0 Å². The van der Waals surface area contributed by atoms with Gasteiger partial charge in [0.25, 0.3) is 11.6 Å². The number of carbonyl (C=O) groups is 2. The number of aliphatic carboxylic acids is 1. The van der Waals surface area contributed by atoms with Gasteiger partial charge in [-0.05, 0) is 26.0 Å². The van der Waals surface area contributed by atoms with E-state index in [2.05, 4.69) is 10.1 Å². The summed E-state index contributed by atoms with van der Waals surface area (Å²) < 4.78 is 11.1. The quantitative estimate of drug-likeness (QED) is 0.791. The smallest absolute Gasteiger partial charge is 0.317 e. The molecule has 1 unspecified atom stereocenters. The summed E-state index contributed by atoms with van der Waals surface area (Å²) in [5.74, 6) is -0.913. The van der Waals surface area contributed by atoms with Crippen molar-refractivity contribution in [2.45, 2.75) is 32.8 Å². The highest BCUT2D eigenvalue weighted by Crippen LogP contribution is 2.28. The Morgan fingerprint density at radius 3 is 2.86 bits per heavy atom. The third-order valence-electron chi connectivity index (χ3n) is 4.72. The molecule has 2 aromatic heterocycles. The number of hydrogen-bond acceptors (Lipinski definition) is 7. The molecule has 1 amide bonds. The number of nitrogens with zero attached hydrogens (tertiary/aromatic N) is 4. The van der Waals surface area contributed by atoms with Crippen LogP contribution in [0.3, 0.4) is 0 Å². The summed E-state index contributed by atoms with van der Waals surface area (Å²) in [4.78, 5) is 32.0. The van der Waals surface area contributed by atoms with Crippen LogP contribution in [0.1, 0.15) is 41.5 Å². The molecule has 2 aromatic rings. The fraction of sp³-hybridized carbons (Fsp3) is 0.579. The number of likely N-dealkylation sites (N-methyl/N-ethyl adjacent to an activating group) is 1. The molecule has 0 bridgehead atoms. The number of carbonyl (C=O) groups excluding carboxylic acids is 1. The number of amides is 1. The van der Waals surface area contributed by atoms with E-state index < -0.39 is 5.97 Å². The zero-order chi connectivity index (χ0) is 20.4. The van der Waals surface area contributed by atoms with Gasteiger partial charge in [0.15, 0.2) is 0 Å². The number of ether oxygens (including phenoxy) is 1. The van der Waals surface area contributed by atoms with E-state index in [1.165, 1.54) is 0 Å². The molecule has 0 spiro atoms. The van der Waals surface area contributed by atoms with Gasteiger partial charge in [-0.15, -0.1) is 0 Å². The molecule has 0 aromatic carbocycles. The Morgan fingerprint density at radius 1 is 1.43 bits per heavy atom. The number of rotatable bonds is 6. The van der Waals surface area contributed by atoms with Crippen LogP contribution in [0.15, 0.2) is 10.6 Å². The minimum atomic E-state index is -0.894. The molecule has 9 nitrogen and oxygen atoms in total. The summed E-state index contributed by atoms with van der Waals surface area (Å²) in [6.45, 7) is 7.45. The molecular weight excluding hydrogens is 364 g/mol. The fourth-order valence-electron chi connectivity index (χ4n) is 3.49. The molecule has 1 aliphatic heterocycles. The third-order valence-corrected chi connectivity index (χ3v) is 4.72. The Bertz CT molecular complexity index is 879. The van der Waals surface area contributed by atoms with Crippen molar-refractivity contribution in [2.24, 2.45) is 0 Å². The van der Waals surface area contributed by atoms with Crippen molar-refractivity contribution in [3.05, 3.63) is 23.0 Å². The average molecular weight is 390 g/mol. The van der Waals surface area contributed by atoms with E-state index in [1.54, 1.807) is 22.9 Å². The van der Waals surface area contributed by atoms with Crippen molar-refractivity contribution in [1.29, 1.82) is 0 Å². The molecule has 1 atom stereocenters. The van der Waals surface area contributed by atoms with Crippen LogP contribution in [-0.2, 0) is 9.53 Å². The topological polar surface area (TPSA) is 109 Å². The second-order valence-corrected chi connectivity index (χ2v) is 7.55. The zero-order valence-corrected chi connectivity index (χ0v) is 16.6. The highest BCUT2D eigenvalue weighted by atomic mass is 16.5. The van der Waals surface area contributed by atoms with Gasteiger partial charge in [0.1, 0.15) is 0 Å². The van der Waals surface area contributed by atoms with Gasteiger partial charge in [-0.3, -0.25) is 14.5 Å². The van der Waals surface area contributed by atoms with Gasteiger partial charge in [0.05, 0.1) is 35.9 Å². The van der Waals surface area contributed by atoms with E-state index in [1.807, 2.05) is 20.8 Å². The van der Waals surface area contributed by atoms with Gasteiger partial charge in [-0.25, -0.2) is 4.98 Å². The van der Waals surface area contributed by atoms with Crippen LogP contribution >= 0.6 is 0 Å². The number of morpholine rings is 1. The van der Waals surface area contributed by atoms with Crippen molar-refractivity contribution in [1.82, 2.24) is 19.9 Å². The van der Waals surface area contributed by atoms with E-state index >= 15 is 0 Å². The second-order valence-electron chi connectivity index (χ2n) is 7.55. The van der Waals surface area contributed by atoms with Crippen molar-refractivity contribution in [2.75, 3.05) is 39.8 Å². The van der Waals surface area contributed by atoms with Gasteiger partial charge >= 0.3 is 5.97 Å². The first-order valence-electron chi connectivity index (χ1n) is 9.34. The van der Waals surface area contributed by atoms with Gasteiger partial charge in [0.2, 0.25) is 0 Å². The number of aryl methyl sites for hydroxylation is 1. The van der Waals surface area contributed by atoms with Crippen LogP contribution in [0.25, 0.3) is 11.1 Å². The Labute approximate surface area is 163 Å². The predicted octanol–water partition coefficient (Wildman–Crippen LogP) is 1.51. The Hall–Kier alpha value is -2.52. The molecule has 28 heavy (non-hydrogen) atoms. The lowest BCUT2D eigenvalue weighted by atomic mass is 10.0. The van der Waals surface area contributed by atoms with E-state index in [0.29, 0.717) is 48.6 Å². The van der Waals surface area contributed by atoms with Crippen LogP contribution in [0.4, 0.5) is 0 Å². The lowest BCUT2D eigenvalue weighted by molar-refractivity contribution is -0.138. The molecule has 152 valence electrons. The number of hydrogen-bond donors (Lipinski definition) is 1. The summed E-state index contributed by atoms with van der Waals surface area (Å²) in [7, 11) is 1.72. The SMILES string of the molecule is Cc1cc(C(=O)N2CCOC(CN(C)CC(=O)O)C2)c2c(C(C)C)noc2n1. The highest BCUT2D eigenvalue weighted by molar-refractivity contribution is 6.06. The van der Waals surface area contributed by atoms with E-state index in [-0.39, 0.29) is 24.5 Å². The zero-order valence-electron chi connectivity index (χ0n) is 16.6. The number of pyridine rings is 1. The maximum atomic E-state index is 13.3. The molecule has 9 heteroatoms. The summed E-state index contributed by atoms with van der Waals surface area (Å²) in [6.07, 6.45) is -0.243. The number of aromatic nitrogens is 2. The first-order valence-corrected chi connectivity index (χ1v) is 9.34. The van der Waals surface area contributed by atoms with Crippen molar-refractivity contribution in [3.8, 4) is 0 Å². The molecule has 1 saturated heterocycles. The normalized spacial score (nSPS) is 17.6. The molecule has 0 radical (unpaired) electrons. The van der Waals surface area contributed by atoms with Crippen LogP contribution in [-0.4, -0.2) is 82.9 Å². The lowest BCUT2D eigenvalue weighted by Gasteiger charge is -2.34. The van der Waals surface area contributed by atoms with Crippen molar-refractivity contribution < 1.29 is 24.0 Å². The van der Waals surface area contributed by atoms with Crippen LogP contribution < -0.4 is 0 Å². The minimum Gasteiger partial charge on any atom is -0.480 e. The fourth-order valence-corrected chi connectivity index (χ4v) is 3.49. The van der Waals surface area contributed by atoms with Crippen LogP contribution in [0.5, 0.6) is 0 Å². The molecule has 3 rings (SSSR count). The Kier molecular flexibility index (Phi) is 5.95. The third kappa shape index (κ3) is 4.31.